The van der Waals surface area contributed by atoms with Crippen LogP contribution in [0.4, 0.5) is 0 Å². The van der Waals surface area contributed by atoms with Crippen molar-refractivity contribution in [2.75, 3.05) is 32.9 Å². The molecule has 3 aliphatic rings. The average Bonchev–Trinajstić information content (AvgIpc) is 3.51. The SMILES string of the molecule is C[C@H]1CCCN([C@@H](c2cc3cc4c(cc3[nH]c2=O)OCCO4)c2nnnn2C[C@@H]2CCCO2)C1. The normalized spacial score (nSPS) is 23.9. The molecule has 34 heavy (non-hydrogen) atoms. The molecular weight excluding hydrogens is 436 g/mol. The second kappa shape index (κ2) is 8.99. The molecule has 2 aromatic heterocycles. The van der Waals surface area contributed by atoms with Crippen molar-refractivity contribution in [2.45, 2.75) is 51.3 Å². The van der Waals surface area contributed by atoms with Crippen LogP contribution in [0.25, 0.3) is 10.9 Å². The predicted molar refractivity (Wildman–Crippen MR) is 124 cm³/mol. The number of piperidine rings is 1. The summed E-state index contributed by atoms with van der Waals surface area (Å²) in [6.45, 7) is 6.41. The molecule has 10 heteroatoms. The van der Waals surface area contributed by atoms with E-state index in [-0.39, 0.29) is 17.7 Å². The molecule has 3 aromatic rings. The molecule has 0 saturated carbocycles. The summed E-state index contributed by atoms with van der Waals surface area (Å²) in [6, 6.07) is 5.39. The highest BCUT2D eigenvalue weighted by atomic mass is 16.6. The maximum atomic E-state index is 13.5. The zero-order valence-electron chi connectivity index (χ0n) is 19.4. The fourth-order valence-corrected chi connectivity index (χ4v) is 5.44. The topological polar surface area (TPSA) is 107 Å². The summed E-state index contributed by atoms with van der Waals surface area (Å²) < 4.78 is 19.1. The van der Waals surface area contributed by atoms with Crippen LogP contribution in [0.5, 0.6) is 11.5 Å². The largest absolute Gasteiger partial charge is 0.486 e. The fraction of sp³-hybridized carbons (Fsp3) is 0.583. The molecule has 0 bridgehead atoms. The number of aromatic nitrogens is 5. The number of rotatable bonds is 5. The number of likely N-dealkylation sites (tertiary alicyclic amines) is 1. The number of aromatic amines is 1. The smallest absolute Gasteiger partial charge is 0.253 e. The molecule has 6 rings (SSSR count). The van der Waals surface area contributed by atoms with Gasteiger partial charge in [-0.2, -0.15) is 0 Å². The van der Waals surface area contributed by atoms with Gasteiger partial charge in [-0.05, 0) is 60.7 Å². The quantitative estimate of drug-likeness (QED) is 0.610. The van der Waals surface area contributed by atoms with Crippen molar-refractivity contribution in [2.24, 2.45) is 5.92 Å². The molecule has 0 unspecified atom stereocenters. The van der Waals surface area contributed by atoms with Gasteiger partial charge in [-0.25, -0.2) is 4.68 Å². The standard InChI is InChI=1S/C24H30N6O4/c1-15-4-2-6-29(13-15)22(23-26-27-28-30(23)14-17-5-3-7-32-17)18-10-16-11-20-21(34-9-8-33-20)12-19(16)25-24(18)31/h10-12,15,17,22H,2-9,13-14H2,1H3,(H,25,31)/t15-,17-,22-/m0/s1. The Kier molecular flexibility index (Phi) is 5.70. The first-order valence-electron chi connectivity index (χ1n) is 12.2. The Morgan fingerprint density at radius 3 is 2.76 bits per heavy atom. The van der Waals surface area contributed by atoms with E-state index in [1.807, 2.05) is 22.9 Å². The van der Waals surface area contributed by atoms with E-state index < -0.39 is 0 Å². The van der Waals surface area contributed by atoms with Crippen LogP contribution in [0.3, 0.4) is 0 Å². The number of nitrogens with one attached hydrogen (secondary N) is 1. The average molecular weight is 467 g/mol. The molecule has 3 aliphatic heterocycles. The second-order valence-corrected chi connectivity index (χ2v) is 9.64. The van der Waals surface area contributed by atoms with E-state index in [0.29, 0.717) is 48.6 Å². The highest BCUT2D eigenvalue weighted by Gasteiger charge is 2.33. The predicted octanol–water partition coefficient (Wildman–Crippen LogP) is 2.29. The number of hydrogen-bond acceptors (Lipinski definition) is 8. The molecule has 2 fully saturated rings. The second-order valence-electron chi connectivity index (χ2n) is 9.64. The van der Waals surface area contributed by atoms with Crippen LogP contribution in [0.15, 0.2) is 23.0 Å². The Bertz CT molecular complexity index is 1230. The summed E-state index contributed by atoms with van der Waals surface area (Å²) in [5.74, 6) is 2.58. The number of tetrazole rings is 1. The highest BCUT2D eigenvalue weighted by Crippen LogP contribution is 2.36. The lowest BCUT2D eigenvalue weighted by molar-refractivity contribution is 0.0889. The Hall–Kier alpha value is -2.98. The van der Waals surface area contributed by atoms with Gasteiger partial charge in [0.25, 0.3) is 5.56 Å². The summed E-state index contributed by atoms with van der Waals surface area (Å²) in [4.78, 5) is 18.9. The van der Waals surface area contributed by atoms with Crippen molar-refractivity contribution in [1.29, 1.82) is 0 Å². The number of fused-ring (bicyclic) bond motifs is 2. The number of nitrogens with zero attached hydrogens (tertiary/aromatic N) is 5. The lowest BCUT2D eigenvalue weighted by Gasteiger charge is -2.36. The molecule has 3 atom stereocenters. The van der Waals surface area contributed by atoms with Crippen LogP contribution in [-0.4, -0.2) is 69.1 Å². The Balaban J connectivity index is 1.45. The first-order valence-corrected chi connectivity index (χ1v) is 12.2. The van der Waals surface area contributed by atoms with E-state index in [2.05, 4.69) is 32.3 Å². The molecule has 2 saturated heterocycles. The molecule has 10 nitrogen and oxygen atoms in total. The van der Waals surface area contributed by atoms with Crippen molar-refractivity contribution in [3.8, 4) is 11.5 Å². The van der Waals surface area contributed by atoms with E-state index in [9.17, 15) is 4.79 Å². The van der Waals surface area contributed by atoms with Crippen LogP contribution in [0.2, 0.25) is 0 Å². The third-order valence-electron chi connectivity index (χ3n) is 7.09. The van der Waals surface area contributed by atoms with Gasteiger partial charge in [0.15, 0.2) is 17.3 Å². The van der Waals surface area contributed by atoms with Crippen molar-refractivity contribution in [1.82, 2.24) is 30.1 Å². The van der Waals surface area contributed by atoms with Crippen LogP contribution < -0.4 is 15.0 Å². The van der Waals surface area contributed by atoms with E-state index in [0.717, 1.165) is 49.9 Å². The van der Waals surface area contributed by atoms with Gasteiger partial charge >= 0.3 is 0 Å². The Morgan fingerprint density at radius 1 is 1.12 bits per heavy atom. The highest BCUT2D eigenvalue weighted by molar-refractivity contribution is 5.83. The molecule has 0 radical (unpaired) electrons. The van der Waals surface area contributed by atoms with Crippen LogP contribution >= 0.6 is 0 Å². The third kappa shape index (κ3) is 4.05. The molecule has 0 spiro atoms. The number of benzene rings is 1. The number of ether oxygens (including phenoxy) is 3. The first kappa shape index (κ1) is 21.5. The molecule has 1 aromatic carbocycles. The minimum Gasteiger partial charge on any atom is -0.486 e. The maximum absolute atomic E-state index is 13.5. The Labute approximate surface area is 197 Å². The van der Waals surface area contributed by atoms with Gasteiger partial charge in [-0.15, -0.1) is 5.10 Å². The molecule has 0 amide bonds. The van der Waals surface area contributed by atoms with Crippen LogP contribution in [0.1, 0.15) is 50.0 Å². The summed E-state index contributed by atoms with van der Waals surface area (Å²) >= 11 is 0. The van der Waals surface area contributed by atoms with Gasteiger partial charge in [0.1, 0.15) is 19.3 Å². The fourth-order valence-electron chi connectivity index (χ4n) is 5.44. The zero-order chi connectivity index (χ0) is 23.1. The van der Waals surface area contributed by atoms with Gasteiger partial charge in [0.05, 0.1) is 18.2 Å². The Morgan fingerprint density at radius 2 is 1.97 bits per heavy atom. The summed E-state index contributed by atoms with van der Waals surface area (Å²) in [7, 11) is 0. The van der Waals surface area contributed by atoms with E-state index >= 15 is 0 Å². The number of H-pyrrole nitrogens is 1. The summed E-state index contributed by atoms with van der Waals surface area (Å²) in [5, 5.41) is 13.6. The molecule has 180 valence electrons. The summed E-state index contributed by atoms with van der Waals surface area (Å²) in [5.41, 5.74) is 1.23. The van der Waals surface area contributed by atoms with Gasteiger partial charge in [-0.3, -0.25) is 9.69 Å². The maximum Gasteiger partial charge on any atom is 0.253 e. The molecule has 0 aliphatic carbocycles. The lowest BCUT2D eigenvalue weighted by atomic mass is 9.95. The van der Waals surface area contributed by atoms with Gasteiger partial charge < -0.3 is 19.2 Å². The monoisotopic (exact) mass is 466 g/mol. The molecule has 5 heterocycles. The van der Waals surface area contributed by atoms with Crippen LogP contribution in [0, 0.1) is 5.92 Å². The van der Waals surface area contributed by atoms with Crippen molar-refractivity contribution < 1.29 is 14.2 Å². The number of hydrogen-bond donors (Lipinski definition) is 1. The zero-order valence-corrected chi connectivity index (χ0v) is 19.4. The van der Waals surface area contributed by atoms with Crippen molar-refractivity contribution in [3.63, 3.8) is 0 Å². The van der Waals surface area contributed by atoms with Crippen LogP contribution in [-0.2, 0) is 11.3 Å². The van der Waals surface area contributed by atoms with E-state index in [4.69, 9.17) is 14.2 Å². The van der Waals surface area contributed by atoms with E-state index in [1.165, 1.54) is 6.42 Å². The third-order valence-corrected chi connectivity index (χ3v) is 7.09. The number of pyridine rings is 1. The molecular formula is C24H30N6O4. The van der Waals surface area contributed by atoms with Gasteiger partial charge in [0.2, 0.25) is 0 Å². The lowest BCUT2D eigenvalue weighted by Crippen LogP contribution is -2.41. The molecule has 1 N–H and O–H groups in total. The summed E-state index contributed by atoms with van der Waals surface area (Å²) in [6.07, 6.45) is 4.41. The first-order chi connectivity index (χ1) is 16.7. The van der Waals surface area contributed by atoms with Gasteiger partial charge in [-0.1, -0.05) is 6.92 Å². The minimum atomic E-state index is -0.347. The minimum absolute atomic E-state index is 0.0988. The van der Waals surface area contributed by atoms with Crippen molar-refractivity contribution >= 4 is 10.9 Å². The van der Waals surface area contributed by atoms with Crippen molar-refractivity contribution in [3.05, 3.63) is 39.9 Å². The van der Waals surface area contributed by atoms with E-state index in [1.54, 1.807) is 0 Å². The van der Waals surface area contributed by atoms with Gasteiger partial charge in [0, 0.05) is 30.2 Å².